The SMILES string of the molecule is Cc1ccnn1CC(C)CO. The van der Waals surface area contributed by atoms with Crippen LogP contribution in [-0.4, -0.2) is 21.5 Å². The topological polar surface area (TPSA) is 38.0 Å². The van der Waals surface area contributed by atoms with Gasteiger partial charge in [-0.2, -0.15) is 5.10 Å². The number of rotatable bonds is 3. The molecule has 1 aromatic heterocycles. The van der Waals surface area contributed by atoms with Gasteiger partial charge in [-0.05, 0) is 18.9 Å². The molecular formula is C8H14N2O. The molecule has 0 fully saturated rings. The third-order valence-corrected chi connectivity index (χ3v) is 1.73. The van der Waals surface area contributed by atoms with Gasteiger partial charge in [0.2, 0.25) is 0 Å². The minimum absolute atomic E-state index is 0.222. The Labute approximate surface area is 66.7 Å². The van der Waals surface area contributed by atoms with Crippen LogP contribution in [0.1, 0.15) is 12.6 Å². The van der Waals surface area contributed by atoms with Crippen molar-refractivity contribution in [1.82, 2.24) is 9.78 Å². The van der Waals surface area contributed by atoms with E-state index in [1.165, 1.54) is 0 Å². The molecule has 11 heavy (non-hydrogen) atoms. The quantitative estimate of drug-likeness (QED) is 0.700. The Hall–Kier alpha value is -0.830. The van der Waals surface area contributed by atoms with Crippen molar-refractivity contribution >= 4 is 0 Å². The molecule has 0 aliphatic rings. The fraction of sp³-hybridized carbons (Fsp3) is 0.625. The number of aromatic nitrogens is 2. The largest absolute Gasteiger partial charge is 0.396 e. The molecule has 1 heterocycles. The zero-order chi connectivity index (χ0) is 8.27. The Morgan fingerprint density at radius 3 is 2.91 bits per heavy atom. The normalized spacial score (nSPS) is 13.4. The molecule has 1 N–H and O–H groups in total. The van der Waals surface area contributed by atoms with Crippen LogP contribution in [0.25, 0.3) is 0 Å². The molecule has 3 heteroatoms. The van der Waals surface area contributed by atoms with Crippen LogP contribution in [0.4, 0.5) is 0 Å². The highest BCUT2D eigenvalue weighted by Gasteiger charge is 2.02. The first kappa shape index (κ1) is 8.27. The first-order valence-electron chi connectivity index (χ1n) is 3.83. The molecule has 0 saturated heterocycles. The molecule has 1 atom stereocenters. The van der Waals surface area contributed by atoms with Crippen molar-refractivity contribution in [2.75, 3.05) is 6.61 Å². The second-order valence-electron chi connectivity index (χ2n) is 2.94. The lowest BCUT2D eigenvalue weighted by molar-refractivity contribution is 0.218. The van der Waals surface area contributed by atoms with Crippen LogP contribution in [0.15, 0.2) is 12.3 Å². The van der Waals surface area contributed by atoms with Gasteiger partial charge in [-0.3, -0.25) is 4.68 Å². The zero-order valence-electron chi connectivity index (χ0n) is 6.99. The molecule has 3 nitrogen and oxygen atoms in total. The molecule has 0 amide bonds. The van der Waals surface area contributed by atoms with E-state index < -0.39 is 0 Å². The molecule has 0 bridgehead atoms. The number of aryl methyl sites for hydroxylation is 1. The number of nitrogens with zero attached hydrogens (tertiary/aromatic N) is 2. The maximum absolute atomic E-state index is 8.78. The van der Waals surface area contributed by atoms with Crippen molar-refractivity contribution < 1.29 is 5.11 Å². The van der Waals surface area contributed by atoms with Crippen LogP contribution in [-0.2, 0) is 6.54 Å². The van der Waals surface area contributed by atoms with Gasteiger partial charge < -0.3 is 5.11 Å². The van der Waals surface area contributed by atoms with Crippen LogP contribution >= 0.6 is 0 Å². The minimum atomic E-state index is 0.222. The van der Waals surface area contributed by atoms with Gasteiger partial charge in [0.15, 0.2) is 0 Å². The summed E-state index contributed by atoms with van der Waals surface area (Å²) >= 11 is 0. The van der Waals surface area contributed by atoms with Crippen LogP contribution in [0.5, 0.6) is 0 Å². The lowest BCUT2D eigenvalue weighted by Crippen LogP contribution is -2.13. The van der Waals surface area contributed by atoms with E-state index in [0.717, 1.165) is 12.2 Å². The lowest BCUT2D eigenvalue weighted by atomic mass is 10.2. The van der Waals surface area contributed by atoms with Crippen LogP contribution in [0.3, 0.4) is 0 Å². The summed E-state index contributed by atoms with van der Waals surface area (Å²) in [6.07, 6.45) is 1.78. The summed E-state index contributed by atoms with van der Waals surface area (Å²) in [4.78, 5) is 0. The average Bonchev–Trinajstić information content (AvgIpc) is 2.37. The van der Waals surface area contributed by atoms with E-state index in [-0.39, 0.29) is 12.5 Å². The predicted octanol–water partition coefficient (Wildman–Crippen LogP) is 0.820. The van der Waals surface area contributed by atoms with E-state index in [0.29, 0.717) is 0 Å². The first-order valence-corrected chi connectivity index (χ1v) is 3.83. The number of hydrogen-bond donors (Lipinski definition) is 1. The Morgan fingerprint density at radius 2 is 2.45 bits per heavy atom. The highest BCUT2D eigenvalue weighted by atomic mass is 16.3. The van der Waals surface area contributed by atoms with E-state index in [1.54, 1.807) is 6.20 Å². The predicted molar refractivity (Wildman–Crippen MR) is 43.2 cm³/mol. The summed E-state index contributed by atoms with van der Waals surface area (Å²) in [6, 6.07) is 1.96. The average molecular weight is 154 g/mol. The molecule has 1 unspecified atom stereocenters. The van der Waals surface area contributed by atoms with Crippen molar-refractivity contribution in [2.24, 2.45) is 5.92 Å². The highest BCUT2D eigenvalue weighted by molar-refractivity contribution is 4.96. The van der Waals surface area contributed by atoms with Gasteiger partial charge in [-0.25, -0.2) is 0 Å². The van der Waals surface area contributed by atoms with Crippen molar-refractivity contribution in [2.45, 2.75) is 20.4 Å². The summed E-state index contributed by atoms with van der Waals surface area (Å²) < 4.78 is 1.90. The van der Waals surface area contributed by atoms with E-state index in [2.05, 4.69) is 5.10 Å². The Morgan fingerprint density at radius 1 is 1.73 bits per heavy atom. The molecule has 1 aromatic rings. The number of aliphatic hydroxyl groups excluding tert-OH is 1. The second-order valence-corrected chi connectivity index (χ2v) is 2.94. The molecule has 0 radical (unpaired) electrons. The van der Waals surface area contributed by atoms with Crippen molar-refractivity contribution in [1.29, 1.82) is 0 Å². The van der Waals surface area contributed by atoms with Gasteiger partial charge in [0.25, 0.3) is 0 Å². The third kappa shape index (κ3) is 2.05. The molecular weight excluding hydrogens is 140 g/mol. The van der Waals surface area contributed by atoms with Gasteiger partial charge in [0, 0.05) is 25.0 Å². The van der Waals surface area contributed by atoms with Crippen LogP contribution in [0, 0.1) is 12.8 Å². The Balaban J connectivity index is 2.56. The van der Waals surface area contributed by atoms with E-state index in [1.807, 2.05) is 24.6 Å². The third-order valence-electron chi connectivity index (χ3n) is 1.73. The maximum Gasteiger partial charge on any atom is 0.0492 e. The number of aliphatic hydroxyl groups is 1. The summed E-state index contributed by atoms with van der Waals surface area (Å²) in [5.41, 5.74) is 1.14. The zero-order valence-corrected chi connectivity index (χ0v) is 6.99. The molecule has 0 spiro atoms. The van der Waals surface area contributed by atoms with E-state index >= 15 is 0 Å². The van der Waals surface area contributed by atoms with Gasteiger partial charge in [0.05, 0.1) is 0 Å². The van der Waals surface area contributed by atoms with Crippen molar-refractivity contribution in [3.63, 3.8) is 0 Å². The highest BCUT2D eigenvalue weighted by Crippen LogP contribution is 2.01. The molecule has 0 aliphatic carbocycles. The summed E-state index contributed by atoms with van der Waals surface area (Å²) in [5, 5.41) is 12.9. The van der Waals surface area contributed by atoms with Gasteiger partial charge in [-0.15, -0.1) is 0 Å². The molecule has 0 aromatic carbocycles. The molecule has 0 saturated carbocycles. The van der Waals surface area contributed by atoms with E-state index in [4.69, 9.17) is 5.11 Å². The monoisotopic (exact) mass is 154 g/mol. The molecule has 0 aliphatic heterocycles. The minimum Gasteiger partial charge on any atom is -0.396 e. The standard InChI is InChI=1S/C8H14N2O/c1-7(6-11)5-10-8(2)3-4-9-10/h3-4,7,11H,5-6H2,1-2H3. The Kier molecular flexibility index (Phi) is 2.65. The van der Waals surface area contributed by atoms with Gasteiger partial charge in [0.1, 0.15) is 0 Å². The molecule has 62 valence electrons. The van der Waals surface area contributed by atoms with Crippen LogP contribution in [0.2, 0.25) is 0 Å². The summed E-state index contributed by atoms with van der Waals surface area (Å²) in [6.45, 7) is 5.03. The Bertz CT molecular complexity index is 220. The fourth-order valence-electron chi connectivity index (χ4n) is 0.943. The maximum atomic E-state index is 8.78. The van der Waals surface area contributed by atoms with E-state index in [9.17, 15) is 0 Å². The smallest absolute Gasteiger partial charge is 0.0492 e. The fourth-order valence-corrected chi connectivity index (χ4v) is 0.943. The second kappa shape index (κ2) is 3.53. The number of hydrogen-bond acceptors (Lipinski definition) is 2. The first-order chi connectivity index (χ1) is 5.24. The molecule has 1 rings (SSSR count). The summed E-state index contributed by atoms with van der Waals surface area (Å²) in [7, 11) is 0. The van der Waals surface area contributed by atoms with Crippen LogP contribution < -0.4 is 0 Å². The van der Waals surface area contributed by atoms with Crippen molar-refractivity contribution in [3.05, 3.63) is 18.0 Å². The summed E-state index contributed by atoms with van der Waals surface area (Å²) in [5.74, 6) is 0.286. The van der Waals surface area contributed by atoms with Gasteiger partial charge >= 0.3 is 0 Å². The van der Waals surface area contributed by atoms with Crippen molar-refractivity contribution in [3.8, 4) is 0 Å². The lowest BCUT2D eigenvalue weighted by Gasteiger charge is -2.08. The van der Waals surface area contributed by atoms with Gasteiger partial charge in [-0.1, -0.05) is 6.92 Å².